The molecule has 1 saturated carbocycles. The number of carbonyl (C=O) groups excluding carboxylic acids is 1. The van der Waals surface area contributed by atoms with Crippen molar-refractivity contribution in [3.8, 4) is 0 Å². The van der Waals surface area contributed by atoms with Crippen molar-refractivity contribution in [2.75, 3.05) is 0 Å². The number of ketones is 1. The number of benzene rings is 1. The molecule has 0 atom stereocenters. The summed E-state index contributed by atoms with van der Waals surface area (Å²) in [7, 11) is 0. The van der Waals surface area contributed by atoms with Gasteiger partial charge in [-0.25, -0.2) is 4.39 Å². The Morgan fingerprint density at radius 2 is 1.89 bits per heavy atom. The molecule has 1 nitrogen and oxygen atoms in total. The number of carbonyl (C=O) groups is 1. The molecule has 19 heavy (non-hydrogen) atoms. The van der Waals surface area contributed by atoms with Gasteiger partial charge in [-0.1, -0.05) is 56.2 Å². The van der Waals surface area contributed by atoms with Gasteiger partial charge in [0.15, 0.2) is 0 Å². The Morgan fingerprint density at radius 3 is 2.53 bits per heavy atom. The summed E-state index contributed by atoms with van der Waals surface area (Å²) in [4.78, 5) is 12.0. The summed E-state index contributed by atoms with van der Waals surface area (Å²) < 4.78 is 13.3. The van der Waals surface area contributed by atoms with Gasteiger partial charge in [-0.3, -0.25) is 4.79 Å². The maximum atomic E-state index is 13.3. The third-order valence-corrected chi connectivity index (χ3v) is 4.18. The number of rotatable bonds is 4. The van der Waals surface area contributed by atoms with Crippen LogP contribution in [-0.2, 0) is 11.2 Å². The monoisotopic (exact) mass is 282 g/mol. The quantitative estimate of drug-likeness (QED) is 0.714. The predicted molar refractivity (Wildman–Crippen MR) is 75.9 cm³/mol. The fourth-order valence-electron chi connectivity index (χ4n) is 2.84. The van der Waals surface area contributed by atoms with E-state index in [4.69, 9.17) is 11.6 Å². The van der Waals surface area contributed by atoms with Crippen molar-refractivity contribution >= 4 is 17.4 Å². The molecule has 0 unspecified atom stereocenters. The van der Waals surface area contributed by atoms with Gasteiger partial charge in [0.05, 0.1) is 5.02 Å². The van der Waals surface area contributed by atoms with Crippen molar-refractivity contribution < 1.29 is 9.18 Å². The lowest BCUT2D eigenvalue weighted by molar-refractivity contribution is -0.119. The van der Waals surface area contributed by atoms with Crippen LogP contribution in [0, 0.1) is 11.7 Å². The topological polar surface area (TPSA) is 17.1 Å². The third kappa shape index (κ3) is 4.61. The molecule has 1 aliphatic rings. The minimum absolute atomic E-state index is 0.111. The summed E-state index contributed by atoms with van der Waals surface area (Å²) in [5.41, 5.74) is 0.723. The van der Waals surface area contributed by atoms with Crippen LogP contribution < -0.4 is 0 Å². The first-order valence-corrected chi connectivity index (χ1v) is 7.48. The Labute approximate surface area is 119 Å². The van der Waals surface area contributed by atoms with E-state index in [1.165, 1.54) is 50.7 Å². The molecular weight excluding hydrogens is 263 g/mol. The Bertz CT molecular complexity index is 436. The van der Waals surface area contributed by atoms with Crippen molar-refractivity contribution in [2.45, 2.75) is 51.4 Å². The van der Waals surface area contributed by atoms with Crippen LogP contribution >= 0.6 is 11.6 Å². The number of hydrogen-bond acceptors (Lipinski definition) is 1. The van der Waals surface area contributed by atoms with Gasteiger partial charge in [0.2, 0.25) is 0 Å². The predicted octanol–water partition coefficient (Wildman–Crippen LogP) is 4.95. The van der Waals surface area contributed by atoms with Crippen molar-refractivity contribution in [3.05, 3.63) is 34.6 Å². The Hall–Kier alpha value is -0.890. The van der Waals surface area contributed by atoms with E-state index < -0.39 is 5.82 Å². The Morgan fingerprint density at radius 1 is 1.21 bits per heavy atom. The molecule has 0 aromatic heterocycles. The molecule has 0 heterocycles. The average Bonchev–Trinajstić information content (AvgIpc) is 2.62. The van der Waals surface area contributed by atoms with Gasteiger partial charge in [0, 0.05) is 12.8 Å². The summed E-state index contributed by atoms with van der Waals surface area (Å²) >= 11 is 5.63. The lowest BCUT2D eigenvalue weighted by Crippen LogP contribution is -2.10. The van der Waals surface area contributed by atoms with E-state index in [1.807, 2.05) is 0 Å². The molecule has 104 valence electrons. The van der Waals surface area contributed by atoms with Crippen molar-refractivity contribution in [1.82, 2.24) is 0 Å². The van der Waals surface area contributed by atoms with Gasteiger partial charge >= 0.3 is 0 Å². The van der Waals surface area contributed by atoms with E-state index in [2.05, 4.69) is 0 Å². The van der Waals surface area contributed by atoms with Gasteiger partial charge in [0.1, 0.15) is 11.6 Å². The van der Waals surface area contributed by atoms with Gasteiger partial charge in [-0.15, -0.1) is 0 Å². The molecule has 1 fully saturated rings. The second-order valence-corrected chi connectivity index (χ2v) is 5.93. The number of hydrogen-bond donors (Lipinski definition) is 0. The molecule has 2 rings (SSSR count). The van der Waals surface area contributed by atoms with Crippen LogP contribution in [0.3, 0.4) is 0 Å². The molecule has 0 saturated heterocycles. The van der Waals surface area contributed by atoms with Gasteiger partial charge < -0.3 is 0 Å². The first-order valence-electron chi connectivity index (χ1n) is 7.11. The molecule has 1 aliphatic carbocycles. The zero-order valence-electron chi connectivity index (χ0n) is 11.1. The molecule has 3 heteroatoms. The second kappa shape index (κ2) is 7.04. The van der Waals surface area contributed by atoms with Crippen molar-refractivity contribution in [3.63, 3.8) is 0 Å². The standard InChI is InChI=1S/C16H20ClFO/c17-15-8-7-13(11-16(15)18)10-14(19)9-12-5-3-1-2-4-6-12/h7-8,11-12H,1-6,9-10H2. The van der Waals surface area contributed by atoms with Crippen LogP contribution in [0.15, 0.2) is 18.2 Å². The van der Waals surface area contributed by atoms with E-state index in [9.17, 15) is 9.18 Å². The zero-order chi connectivity index (χ0) is 13.7. The molecule has 0 spiro atoms. The smallest absolute Gasteiger partial charge is 0.142 e. The molecule has 1 aromatic rings. The molecule has 0 radical (unpaired) electrons. The van der Waals surface area contributed by atoms with Crippen LogP contribution in [-0.4, -0.2) is 5.78 Å². The lowest BCUT2D eigenvalue weighted by Gasteiger charge is -2.12. The fraction of sp³-hybridized carbons (Fsp3) is 0.562. The highest BCUT2D eigenvalue weighted by Gasteiger charge is 2.16. The Balaban J connectivity index is 1.87. The van der Waals surface area contributed by atoms with E-state index in [-0.39, 0.29) is 10.8 Å². The number of Topliss-reactive ketones (excluding diaryl/α,β-unsaturated/α-hetero) is 1. The SMILES string of the molecule is O=C(Cc1ccc(Cl)c(F)c1)CC1CCCCCC1. The van der Waals surface area contributed by atoms with Crippen LogP contribution in [0.2, 0.25) is 5.02 Å². The average molecular weight is 283 g/mol. The van der Waals surface area contributed by atoms with Crippen LogP contribution in [0.25, 0.3) is 0 Å². The van der Waals surface area contributed by atoms with Crippen LogP contribution in [0.5, 0.6) is 0 Å². The second-order valence-electron chi connectivity index (χ2n) is 5.53. The highest BCUT2D eigenvalue weighted by Crippen LogP contribution is 2.26. The maximum Gasteiger partial charge on any atom is 0.142 e. The highest BCUT2D eigenvalue weighted by atomic mass is 35.5. The summed E-state index contributed by atoms with van der Waals surface area (Å²) in [5, 5.41) is 0.111. The van der Waals surface area contributed by atoms with E-state index in [1.54, 1.807) is 6.07 Å². The van der Waals surface area contributed by atoms with Crippen molar-refractivity contribution in [2.24, 2.45) is 5.92 Å². The van der Waals surface area contributed by atoms with E-state index >= 15 is 0 Å². The summed E-state index contributed by atoms with van der Waals surface area (Å²) in [6, 6.07) is 4.62. The molecule has 0 aliphatic heterocycles. The highest BCUT2D eigenvalue weighted by molar-refractivity contribution is 6.30. The summed E-state index contributed by atoms with van der Waals surface area (Å²) in [5.74, 6) is 0.308. The first-order chi connectivity index (χ1) is 9.15. The summed E-state index contributed by atoms with van der Waals surface area (Å²) in [6.07, 6.45) is 8.39. The third-order valence-electron chi connectivity index (χ3n) is 3.88. The summed E-state index contributed by atoms with van der Waals surface area (Å²) in [6.45, 7) is 0. The maximum absolute atomic E-state index is 13.3. The molecular formula is C16H20ClFO. The minimum atomic E-state index is -0.443. The van der Waals surface area contributed by atoms with E-state index in [0.717, 1.165) is 5.56 Å². The molecule has 0 N–H and O–H groups in total. The molecule has 1 aromatic carbocycles. The Kier molecular flexibility index (Phi) is 5.38. The fourth-order valence-corrected chi connectivity index (χ4v) is 2.96. The minimum Gasteiger partial charge on any atom is -0.299 e. The molecule has 0 bridgehead atoms. The van der Waals surface area contributed by atoms with Crippen LogP contribution in [0.1, 0.15) is 50.5 Å². The number of halogens is 2. The van der Waals surface area contributed by atoms with E-state index in [0.29, 0.717) is 18.8 Å². The van der Waals surface area contributed by atoms with Crippen molar-refractivity contribution in [1.29, 1.82) is 0 Å². The van der Waals surface area contributed by atoms with Crippen LogP contribution in [0.4, 0.5) is 4.39 Å². The lowest BCUT2D eigenvalue weighted by atomic mass is 9.92. The normalized spacial score (nSPS) is 17.2. The van der Waals surface area contributed by atoms with Gasteiger partial charge in [-0.2, -0.15) is 0 Å². The van der Waals surface area contributed by atoms with Gasteiger partial charge in [-0.05, 0) is 23.6 Å². The largest absolute Gasteiger partial charge is 0.299 e. The first kappa shape index (κ1) is 14.5. The zero-order valence-corrected chi connectivity index (χ0v) is 11.9. The molecule has 0 amide bonds. The van der Waals surface area contributed by atoms with Gasteiger partial charge in [0.25, 0.3) is 0 Å².